The molecule has 1 aliphatic heterocycles. The van der Waals surface area contributed by atoms with Gasteiger partial charge in [-0.25, -0.2) is 22.8 Å². The Labute approximate surface area is 215 Å². The van der Waals surface area contributed by atoms with Crippen LogP contribution >= 0.6 is 11.6 Å². The van der Waals surface area contributed by atoms with E-state index in [4.69, 9.17) is 16.3 Å². The first-order valence-corrected chi connectivity index (χ1v) is 13.1. The Morgan fingerprint density at radius 3 is 2.43 bits per heavy atom. The lowest BCUT2D eigenvalue weighted by Gasteiger charge is -2.32. The molecule has 200 valence electrons. The van der Waals surface area contributed by atoms with E-state index in [0.717, 1.165) is 35.9 Å². The van der Waals surface area contributed by atoms with E-state index in [0.29, 0.717) is 32.1 Å². The van der Waals surface area contributed by atoms with Crippen molar-refractivity contribution in [3.8, 4) is 11.4 Å². The molecule has 37 heavy (non-hydrogen) atoms. The van der Waals surface area contributed by atoms with E-state index in [1.807, 2.05) is 0 Å². The highest BCUT2D eigenvalue weighted by Crippen LogP contribution is 2.28. The number of aliphatic imine (C=N–C) groups is 2. The Morgan fingerprint density at radius 1 is 1.24 bits per heavy atom. The molecule has 1 saturated heterocycles. The second-order valence-electron chi connectivity index (χ2n) is 8.28. The molecule has 0 bridgehead atoms. The van der Waals surface area contributed by atoms with E-state index in [9.17, 15) is 30.8 Å². The van der Waals surface area contributed by atoms with Gasteiger partial charge in [0.05, 0.1) is 15.6 Å². The molecule has 3 rings (SSSR count). The molecule has 0 amide bonds. The van der Waals surface area contributed by atoms with Crippen molar-refractivity contribution in [1.82, 2.24) is 9.47 Å². The fourth-order valence-electron chi connectivity index (χ4n) is 3.49. The third-order valence-electron chi connectivity index (χ3n) is 5.56. The van der Waals surface area contributed by atoms with Crippen molar-refractivity contribution in [3.63, 3.8) is 0 Å². The molecular formula is C23H23ClF4N4O4S. The number of ether oxygens (including phenoxy) is 1. The van der Waals surface area contributed by atoms with Crippen LogP contribution in [0.5, 0.6) is 5.75 Å². The summed E-state index contributed by atoms with van der Waals surface area (Å²) in [5, 5.41) is 0.0244. The number of alkyl halides is 3. The molecule has 2 aromatic rings. The van der Waals surface area contributed by atoms with E-state index in [1.54, 1.807) is 4.90 Å². The van der Waals surface area contributed by atoms with Crippen LogP contribution in [-0.2, 0) is 9.84 Å². The molecule has 0 atom stereocenters. The first-order valence-electron chi connectivity index (χ1n) is 10.8. The normalized spacial score (nSPS) is 16.1. The van der Waals surface area contributed by atoms with Crippen LogP contribution in [0.25, 0.3) is 5.69 Å². The molecule has 0 radical (unpaired) electrons. The summed E-state index contributed by atoms with van der Waals surface area (Å²) in [6, 6.07) is 4.26. The number of likely N-dealkylation sites (tertiary alicyclic amines) is 1. The van der Waals surface area contributed by atoms with Gasteiger partial charge in [-0.1, -0.05) is 11.6 Å². The first kappa shape index (κ1) is 28.4. The number of hydrogen-bond donors (Lipinski definition) is 0. The number of nitrogens with zero attached hydrogens (tertiary/aromatic N) is 4. The fraction of sp³-hybridized carbons (Fsp3) is 0.348. The summed E-state index contributed by atoms with van der Waals surface area (Å²) in [5.74, 6) is -0.795. The first-order chi connectivity index (χ1) is 17.2. The van der Waals surface area contributed by atoms with Gasteiger partial charge < -0.3 is 9.64 Å². The number of halogens is 5. The average Bonchev–Trinajstić information content (AvgIpc) is 2.81. The van der Waals surface area contributed by atoms with Gasteiger partial charge in [0.2, 0.25) is 5.96 Å². The smallest absolute Gasteiger partial charge is 0.413 e. The van der Waals surface area contributed by atoms with Gasteiger partial charge in [0.25, 0.3) is 5.56 Å². The highest BCUT2D eigenvalue weighted by Gasteiger charge is 2.30. The Balaban J connectivity index is 1.72. The van der Waals surface area contributed by atoms with Gasteiger partial charge in [-0.2, -0.15) is 13.2 Å². The summed E-state index contributed by atoms with van der Waals surface area (Å²) >= 11 is 6.28. The summed E-state index contributed by atoms with van der Waals surface area (Å²) in [7, 11) is -3.63. The third-order valence-corrected chi connectivity index (χ3v) is 6.95. The summed E-state index contributed by atoms with van der Waals surface area (Å²) < 4.78 is 82.6. The lowest BCUT2D eigenvalue weighted by atomic mass is 10.1. The van der Waals surface area contributed by atoms with Gasteiger partial charge in [0.1, 0.15) is 17.7 Å². The molecule has 1 aliphatic rings. The second kappa shape index (κ2) is 11.1. The molecule has 1 aromatic heterocycles. The average molecular weight is 563 g/mol. The molecule has 0 spiro atoms. The van der Waals surface area contributed by atoms with Gasteiger partial charge in [0, 0.05) is 56.2 Å². The van der Waals surface area contributed by atoms with Crippen LogP contribution in [0, 0.1) is 5.82 Å². The maximum absolute atomic E-state index is 14.6. The number of guanidine groups is 1. The van der Waals surface area contributed by atoms with Crippen molar-refractivity contribution >= 4 is 34.1 Å². The molecule has 2 heterocycles. The molecule has 0 N–H and O–H groups in total. The highest BCUT2D eigenvalue weighted by atomic mass is 35.5. The lowest BCUT2D eigenvalue weighted by molar-refractivity contribution is -0.0914. The number of benzene rings is 1. The minimum atomic E-state index is -4.49. The lowest BCUT2D eigenvalue weighted by Crippen LogP contribution is -2.41. The van der Waals surface area contributed by atoms with Crippen molar-refractivity contribution in [2.45, 2.75) is 36.9 Å². The maximum Gasteiger partial charge on any atom is 0.413 e. The van der Waals surface area contributed by atoms with E-state index in [-0.39, 0.29) is 33.4 Å². The number of piperidine rings is 1. The van der Waals surface area contributed by atoms with Gasteiger partial charge >= 0.3 is 6.18 Å². The number of hydrogen-bond acceptors (Lipinski definition) is 5. The third kappa shape index (κ3) is 6.98. The van der Waals surface area contributed by atoms with E-state index in [1.165, 1.54) is 12.3 Å². The van der Waals surface area contributed by atoms with Crippen LogP contribution in [0.4, 0.5) is 17.6 Å². The number of aromatic nitrogens is 1. The quantitative estimate of drug-likeness (QED) is 0.306. The fourth-order valence-corrected chi connectivity index (χ4v) is 4.32. The zero-order valence-electron chi connectivity index (χ0n) is 19.8. The van der Waals surface area contributed by atoms with Crippen molar-refractivity contribution in [2.75, 3.05) is 19.3 Å². The predicted molar refractivity (Wildman–Crippen MR) is 132 cm³/mol. The van der Waals surface area contributed by atoms with Crippen LogP contribution in [0.1, 0.15) is 19.8 Å². The van der Waals surface area contributed by atoms with E-state index >= 15 is 0 Å². The zero-order chi connectivity index (χ0) is 27.5. The molecule has 1 fully saturated rings. The molecule has 0 aliphatic carbocycles. The van der Waals surface area contributed by atoms with Crippen molar-refractivity contribution in [1.29, 1.82) is 0 Å². The number of sulfone groups is 1. The van der Waals surface area contributed by atoms with Crippen LogP contribution in [0.2, 0.25) is 5.02 Å². The van der Waals surface area contributed by atoms with Crippen LogP contribution in [-0.4, -0.2) is 62.2 Å². The molecule has 0 saturated carbocycles. The minimum absolute atomic E-state index is 0.0244. The molecule has 0 unspecified atom stereocenters. The summed E-state index contributed by atoms with van der Waals surface area (Å²) in [4.78, 5) is 21.6. The maximum atomic E-state index is 14.6. The number of allylic oxidation sites excluding steroid dienone is 1. The van der Waals surface area contributed by atoms with Gasteiger partial charge in [-0.15, -0.1) is 0 Å². The predicted octanol–water partition coefficient (Wildman–Crippen LogP) is 4.40. The van der Waals surface area contributed by atoms with Gasteiger partial charge in [-0.3, -0.25) is 9.36 Å². The van der Waals surface area contributed by atoms with Gasteiger partial charge in [-0.05, 0) is 31.8 Å². The Bertz CT molecular complexity index is 1410. The molecule has 8 nitrogen and oxygen atoms in total. The van der Waals surface area contributed by atoms with Crippen LogP contribution < -0.4 is 10.3 Å². The van der Waals surface area contributed by atoms with E-state index in [2.05, 4.69) is 16.7 Å². The summed E-state index contributed by atoms with van der Waals surface area (Å²) in [5.41, 5.74) is -1.71. The van der Waals surface area contributed by atoms with Crippen molar-refractivity contribution in [2.24, 2.45) is 9.98 Å². The topological polar surface area (TPSA) is 93.3 Å². The minimum Gasteiger partial charge on any atom is -0.488 e. The standard InChI is InChI=1S/C23H23ClF4N4O4S/c1-14(23(26,27)28)12-30-22(29-2)31-8-6-15(7-9-31)36-20-11-21(33)32(13-17(20)24)19-5-4-16(10-18(19)25)37(3,34)35/h4-5,10-13,15H,2,6-9H2,1,3H3/b14-12+,30-22?. The van der Waals surface area contributed by atoms with Gasteiger partial charge in [0.15, 0.2) is 9.84 Å². The van der Waals surface area contributed by atoms with Crippen molar-refractivity contribution in [3.05, 3.63) is 63.4 Å². The van der Waals surface area contributed by atoms with Crippen molar-refractivity contribution < 1.29 is 30.7 Å². The Hall–Kier alpha value is -3.19. The zero-order valence-corrected chi connectivity index (χ0v) is 21.4. The highest BCUT2D eigenvalue weighted by molar-refractivity contribution is 7.90. The van der Waals surface area contributed by atoms with E-state index < -0.39 is 33.0 Å². The SMILES string of the molecule is C=NC(=N/C=C(\C)C(F)(F)F)N1CCC(Oc2cc(=O)n(-c3ccc(S(C)(=O)=O)cc3F)cc2Cl)CC1. The number of rotatable bonds is 5. The molecule has 1 aromatic carbocycles. The number of pyridine rings is 1. The Morgan fingerprint density at radius 2 is 1.89 bits per heavy atom. The summed E-state index contributed by atoms with van der Waals surface area (Å²) in [6.07, 6.45) is -1.19. The van der Waals surface area contributed by atoms with Crippen LogP contribution in [0.15, 0.2) is 61.9 Å². The summed E-state index contributed by atoms with van der Waals surface area (Å²) in [6.45, 7) is 4.98. The largest absolute Gasteiger partial charge is 0.488 e. The second-order valence-corrected chi connectivity index (χ2v) is 10.7. The molecular weight excluding hydrogens is 540 g/mol. The Kier molecular flexibility index (Phi) is 8.48. The molecule has 14 heteroatoms. The van der Waals surface area contributed by atoms with Crippen LogP contribution in [0.3, 0.4) is 0 Å². The monoisotopic (exact) mass is 562 g/mol.